The van der Waals surface area contributed by atoms with Crippen LogP contribution in [-0.2, 0) is 14.3 Å². The highest BCUT2D eigenvalue weighted by atomic mass is 16.6. The summed E-state index contributed by atoms with van der Waals surface area (Å²) in [6.45, 7) is 7.52. The molecule has 1 amide bonds. The highest BCUT2D eigenvalue weighted by molar-refractivity contribution is 5.93. The number of carbonyl (C=O) groups is 1. The minimum atomic E-state index is -0.999. The average Bonchev–Trinajstić information content (AvgIpc) is 2.96. The van der Waals surface area contributed by atoms with E-state index in [1.165, 1.54) is 4.90 Å². The summed E-state index contributed by atoms with van der Waals surface area (Å²) in [4.78, 5) is 15.3. The van der Waals surface area contributed by atoms with E-state index < -0.39 is 6.35 Å². The quantitative estimate of drug-likeness (QED) is 0.569. The number of amides is 1. The lowest BCUT2D eigenvalue weighted by Crippen LogP contribution is -2.56. The van der Waals surface area contributed by atoms with E-state index in [-0.39, 0.29) is 18.2 Å². The summed E-state index contributed by atoms with van der Waals surface area (Å²) >= 11 is 0. The topological polar surface area (TPSA) is 62.2 Å². The first-order valence-electron chi connectivity index (χ1n) is 7.94. The van der Waals surface area contributed by atoms with Crippen LogP contribution in [0, 0.1) is 0 Å². The van der Waals surface area contributed by atoms with Gasteiger partial charge in [0.25, 0.3) is 5.91 Å². The van der Waals surface area contributed by atoms with E-state index in [0.29, 0.717) is 25.3 Å². The molecule has 0 aromatic rings. The summed E-state index contributed by atoms with van der Waals surface area (Å²) in [6, 6.07) is 0. The Morgan fingerprint density at radius 1 is 1.32 bits per heavy atom. The summed E-state index contributed by atoms with van der Waals surface area (Å²) in [5.74, 6) is -0.129. The van der Waals surface area contributed by atoms with Gasteiger partial charge in [-0.1, -0.05) is 19.9 Å². The van der Waals surface area contributed by atoms with Crippen molar-refractivity contribution in [3.05, 3.63) is 23.9 Å². The molecule has 0 fully saturated rings. The molecule has 2 aliphatic heterocycles. The van der Waals surface area contributed by atoms with Gasteiger partial charge in [-0.05, 0) is 25.8 Å². The molecule has 2 heterocycles. The van der Waals surface area contributed by atoms with Crippen molar-refractivity contribution >= 4 is 5.91 Å². The average molecular weight is 310 g/mol. The van der Waals surface area contributed by atoms with E-state index in [1.807, 2.05) is 19.1 Å². The molecule has 0 spiro atoms. The Hall–Kier alpha value is -1.37. The van der Waals surface area contributed by atoms with E-state index >= 15 is 0 Å². The lowest BCUT2D eigenvalue weighted by Gasteiger charge is -2.41. The fraction of sp³-hybridized carbons (Fsp3) is 0.688. The third kappa shape index (κ3) is 3.69. The van der Waals surface area contributed by atoms with Crippen LogP contribution >= 0.6 is 0 Å². The maximum absolute atomic E-state index is 12.1. The first-order chi connectivity index (χ1) is 10.6. The molecule has 3 atom stereocenters. The molecule has 0 bridgehead atoms. The number of hydrogen-bond acceptors (Lipinski definition) is 5. The Morgan fingerprint density at radius 3 is 2.77 bits per heavy atom. The predicted molar refractivity (Wildman–Crippen MR) is 82.5 cm³/mol. The van der Waals surface area contributed by atoms with Crippen molar-refractivity contribution in [1.29, 1.82) is 0 Å². The smallest absolute Gasteiger partial charge is 0.254 e. The van der Waals surface area contributed by atoms with Gasteiger partial charge in [-0.25, -0.2) is 0 Å². The Bertz CT molecular complexity index is 449. The van der Waals surface area contributed by atoms with E-state index in [0.717, 1.165) is 12.8 Å². The molecule has 2 rings (SSSR count). The van der Waals surface area contributed by atoms with Crippen LogP contribution in [-0.4, -0.2) is 59.3 Å². The van der Waals surface area contributed by atoms with Crippen LogP contribution in [0.3, 0.4) is 0 Å². The number of aliphatic hydroxyl groups is 1. The summed E-state index contributed by atoms with van der Waals surface area (Å²) in [5.41, 5.74) is 0.599. The van der Waals surface area contributed by atoms with E-state index in [9.17, 15) is 9.90 Å². The van der Waals surface area contributed by atoms with Crippen LogP contribution in [0.2, 0.25) is 0 Å². The summed E-state index contributed by atoms with van der Waals surface area (Å²) in [6.07, 6.45) is 5.77. The highest BCUT2D eigenvalue weighted by Crippen LogP contribution is 2.24. The van der Waals surface area contributed by atoms with Crippen molar-refractivity contribution in [2.45, 2.75) is 52.3 Å². The molecule has 1 unspecified atom stereocenters. The Balaban J connectivity index is 2.00. The van der Waals surface area contributed by atoms with Crippen molar-refractivity contribution in [3.8, 4) is 0 Å². The molecule has 2 aliphatic rings. The third-order valence-electron chi connectivity index (χ3n) is 3.68. The maximum Gasteiger partial charge on any atom is 0.254 e. The van der Waals surface area contributed by atoms with Crippen molar-refractivity contribution < 1.29 is 19.4 Å². The molecule has 0 saturated heterocycles. The highest BCUT2D eigenvalue weighted by Gasteiger charge is 2.36. The minimum absolute atomic E-state index is 0.116. The summed E-state index contributed by atoms with van der Waals surface area (Å²) in [7, 11) is 0. The number of hydrogen-bond donors (Lipinski definition) is 1. The molecule has 1 N–H and O–H groups in total. The number of nitrogens with zero attached hydrogens (tertiary/aromatic N) is 2. The molecule has 0 aliphatic carbocycles. The molecule has 0 saturated carbocycles. The van der Waals surface area contributed by atoms with Gasteiger partial charge in [-0.3, -0.25) is 9.69 Å². The fourth-order valence-corrected chi connectivity index (χ4v) is 2.60. The lowest BCUT2D eigenvalue weighted by atomic mass is 10.2. The second-order valence-electron chi connectivity index (χ2n) is 5.63. The van der Waals surface area contributed by atoms with E-state index in [1.54, 1.807) is 18.0 Å². The molecular formula is C16H26N2O4. The Labute approximate surface area is 132 Å². The fourth-order valence-electron chi connectivity index (χ4n) is 2.60. The number of aliphatic hydroxyl groups excluding tert-OH is 1. The molecule has 6 heteroatoms. The van der Waals surface area contributed by atoms with Gasteiger partial charge >= 0.3 is 0 Å². The first kappa shape index (κ1) is 17.0. The van der Waals surface area contributed by atoms with Crippen LogP contribution in [0.4, 0.5) is 0 Å². The zero-order chi connectivity index (χ0) is 16.1. The van der Waals surface area contributed by atoms with Gasteiger partial charge in [0.15, 0.2) is 6.23 Å². The van der Waals surface area contributed by atoms with Gasteiger partial charge in [-0.15, -0.1) is 0 Å². The molecular weight excluding hydrogens is 284 g/mol. The molecule has 124 valence electrons. The van der Waals surface area contributed by atoms with Crippen LogP contribution in [0.15, 0.2) is 23.9 Å². The molecule has 22 heavy (non-hydrogen) atoms. The molecule has 0 aromatic heterocycles. The molecule has 0 radical (unpaired) electrons. The van der Waals surface area contributed by atoms with Crippen LogP contribution in [0.5, 0.6) is 0 Å². The van der Waals surface area contributed by atoms with Gasteiger partial charge in [0.2, 0.25) is 6.35 Å². The van der Waals surface area contributed by atoms with Crippen molar-refractivity contribution in [3.63, 3.8) is 0 Å². The number of ether oxygens (including phenoxy) is 2. The Kier molecular flexibility index (Phi) is 5.99. The minimum Gasteiger partial charge on any atom is -0.378 e. The molecule has 0 aromatic carbocycles. The third-order valence-corrected chi connectivity index (χ3v) is 3.68. The SMILES string of the molecule is CCCOC[C@@H]1C=C[C@H](N2C=C(C)C(=O)N(CCC)C2O)O1. The van der Waals surface area contributed by atoms with E-state index in [4.69, 9.17) is 9.47 Å². The van der Waals surface area contributed by atoms with E-state index in [2.05, 4.69) is 6.92 Å². The van der Waals surface area contributed by atoms with Gasteiger partial charge in [0.05, 0.1) is 6.61 Å². The second-order valence-corrected chi connectivity index (χ2v) is 5.63. The molecule has 6 nitrogen and oxygen atoms in total. The lowest BCUT2D eigenvalue weighted by molar-refractivity contribution is -0.177. The van der Waals surface area contributed by atoms with Crippen LogP contribution in [0.1, 0.15) is 33.6 Å². The van der Waals surface area contributed by atoms with Gasteiger partial charge in [0, 0.05) is 24.9 Å². The van der Waals surface area contributed by atoms with Crippen LogP contribution < -0.4 is 0 Å². The predicted octanol–water partition coefficient (Wildman–Crippen LogP) is 1.43. The van der Waals surface area contributed by atoms with Gasteiger partial charge < -0.3 is 19.5 Å². The maximum atomic E-state index is 12.1. The summed E-state index contributed by atoms with van der Waals surface area (Å²) in [5, 5.41) is 10.5. The normalized spacial score (nSPS) is 28.5. The monoisotopic (exact) mass is 310 g/mol. The van der Waals surface area contributed by atoms with Crippen LogP contribution in [0.25, 0.3) is 0 Å². The number of carbonyl (C=O) groups excluding carboxylic acids is 1. The number of rotatable bonds is 7. The Morgan fingerprint density at radius 2 is 2.09 bits per heavy atom. The van der Waals surface area contributed by atoms with Gasteiger partial charge in [-0.2, -0.15) is 0 Å². The van der Waals surface area contributed by atoms with Crippen molar-refractivity contribution in [2.75, 3.05) is 19.8 Å². The second kappa shape index (κ2) is 7.76. The van der Waals surface area contributed by atoms with Crippen molar-refractivity contribution in [2.24, 2.45) is 0 Å². The summed E-state index contributed by atoms with van der Waals surface area (Å²) < 4.78 is 11.4. The van der Waals surface area contributed by atoms with Gasteiger partial charge in [0.1, 0.15) is 6.10 Å². The zero-order valence-electron chi connectivity index (χ0n) is 13.6. The standard InChI is InChI=1S/C16H26N2O4/c1-4-8-17-15(19)12(3)10-18(16(17)20)14-7-6-13(22-14)11-21-9-5-2/h6-7,10,13-14,16,20H,4-5,8-9,11H2,1-3H3/t13-,14+,16?/m0/s1. The first-order valence-corrected chi connectivity index (χ1v) is 7.94. The van der Waals surface area contributed by atoms with Crippen molar-refractivity contribution in [1.82, 2.24) is 9.80 Å². The largest absolute Gasteiger partial charge is 0.378 e. The zero-order valence-corrected chi connectivity index (χ0v) is 13.6.